The maximum atomic E-state index is 12.9. The second-order valence-electron chi connectivity index (χ2n) is 6.88. The predicted molar refractivity (Wildman–Crippen MR) is 86.9 cm³/mol. The number of allylic oxidation sites excluding steroid dienone is 1. The van der Waals surface area contributed by atoms with Gasteiger partial charge >= 0.3 is 5.97 Å². The molecule has 0 aromatic carbocycles. The number of sulfone groups is 1. The smallest absolute Gasteiger partial charge is 0.316 e. The van der Waals surface area contributed by atoms with Crippen LogP contribution in [0.4, 0.5) is 0 Å². The Morgan fingerprint density at radius 2 is 1.92 bits per heavy atom. The van der Waals surface area contributed by atoms with Crippen LogP contribution in [0, 0.1) is 5.41 Å². The Morgan fingerprint density at radius 3 is 2.33 bits per heavy atom. The molecular formula is C14H21NO7S2. The molecule has 0 aromatic heterocycles. The molecule has 1 N–H and O–H groups in total. The maximum absolute atomic E-state index is 12.9. The highest BCUT2D eigenvalue weighted by molar-refractivity contribution is 8.07. The van der Waals surface area contributed by atoms with Crippen LogP contribution in [0.2, 0.25) is 0 Å². The topological polar surface area (TPSA) is 118 Å². The van der Waals surface area contributed by atoms with E-state index in [0.717, 1.165) is 0 Å². The van der Waals surface area contributed by atoms with Gasteiger partial charge in [0.05, 0.1) is 10.8 Å². The molecule has 0 saturated carbocycles. The number of ether oxygens (including phenoxy) is 1. The lowest BCUT2D eigenvalue weighted by Gasteiger charge is -2.53. The first-order valence-corrected chi connectivity index (χ1v) is 10.2. The highest BCUT2D eigenvalue weighted by atomic mass is 32.3. The summed E-state index contributed by atoms with van der Waals surface area (Å²) in [6, 6.07) is 0. The number of carboxylic acids is 1. The Labute approximate surface area is 143 Å². The average molecular weight is 379 g/mol. The van der Waals surface area contributed by atoms with E-state index >= 15 is 0 Å². The second-order valence-corrected chi connectivity index (χ2v) is 10.8. The SMILES string of the molecule is CO[C@H]1C(=O)N2C(C(C)(C)C)=C(C)C(S(=O)CC(=O)O)S(=O)(=O)[C@@H]12. The van der Waals surface area contributed by atoms with Gasteiger partial charge in [-0.2, -0.15) is 0 Å². The summed E-state index contributed by atoms with van der Waals surface area (Å²) in [6.07, 6.45) is -1.16. The lowest BCUT2D eigenvalue weighted by Crippen LogP contribution is -2.72. The number of carboxylic acid groups (broad SMARTS) is 1. The normalized spacial score (nSPS) is 30.6. The fourth-order valence-corrected chi connectivity index (χ4v) is 7.96. The van der Waals surface area contributed by atoms with Gasteiger partial charge in [0.1, 0.15) is 5.75 Å². The largest absolute Gasteiger partial charge is 0.481 e. The summed E-state index contributed by atoms with van der Waals surface area (Å²) in [5, 5.41) is 7.61. The summed E-state index contributed by atoms with van der Waals surface area (Å²) in [5.74, 6) is -2.58. The van der Waals surface area contributed by atoms with Crippen LogP contribution in [0.3, 0.4) is 0 Å². The summed E-state index contributed by atoms with van der Waals surface area (Å²) in [5.41, 5.74) is 0.129. The van der Waals surface area contributed by atoms with Crippen molar-refractivity contribution >= 4 is 32.5 Å². The van der Waals surface area contributed by atoms with Crippen LogP contribution in [0.1, 0.15) is 27.7 Å². The first-order valence-electron chi connectivity index (χ1n) is 7.24. The number of fused-ring (bicyclic) bond motifs is 1. The van der Waals surface area contributed by atoms with Crippen LogP contribution in [0.15, 0.2) is 11.3 Å². The van der Waals surface area contributed by atoms with Crippen molar-refractivity contribution in [1.82, 2.24) is 4.90 Å². The number of methoxy groups -OCH3 is 1. The third-order valence-corrected chi connectivity index (χ3v) is 8.96. The summed E-state index contributed by atoms with van der Waals surface area (Å²) in [6.45, 7) is 6.93. The summed E-state index contributed by atoms with van der Waals surface area (Å²) in [4.78, 5) is 24.4. The van der Waals surface area contributed by atoms with Gasteiger partial charge in [0.25, 0.3) is 5.91 Å². The Balaban J connectivity index is 2.68. The molecule has 1 saturated heterocycles. The predicted octanol–water partition coefficient (Wildman–Crippen LogP) is 0.0776. The molecular weight excluding hydrogens is 358 g/mol. The van der Waals surface area contributed by atoms with Gasteiger partial charge in [-0.25, -0.2) is 8.42 Å². The van der Waals surface area contributed by atoms with Crippen molar-refractivity contribution in [3.63, 3.8) is 0 Å². The molecule has 4 atom stereocenters. The third-order valence-electron chi connectivity index (χ3n) is 4.07. The van der Waals surface area contributed by atoms with Crippen molar-refractivity contribution in [2.75, 3.05) is 12.9 Å². The van der Waals surface area contributed by atoms with E-state index in [4.69, 9.17) is 9.84 Å². The molecule has 24 heavy (non-hydrogen) atoms. The van der Waals surface area contributed by atoms with Gasteiger partial charge in [-0.1, -0.05) is 20.8 Å². The highest BCUT2D eigenvalue weighted by Crippen LogP contribution is 2.47. The van der Waals surface area contributed by atoms with Crippen molar-refractivity contribution in [3.8, 4) is 0 Å². The summed E-state index contributed by atoms with van der Waals surface area (Å²) in [7, 11) is -5.01. The zero-order chi connectivity index (χ0) is 18.6. The number of hydrogen-bond donors (Lipinski definition) is 1. The van der Waals surface area contributed by atoms with Gasteiger partial charge < -0.3 is 9.84 Å². The fraction of sp³-hybridized carbons (Fsp3) is 0.714. The number of amides is 1. The minimum atomic E-state index is -4.09. The molecule has 1 amide bonds. The van der Waals surface area contributed by atoms with Gasteiger partial charge in [-0.15, -0.1) is 0 Å². The molecule has 1 fully saturated rings. The lowest BCUT2D eigenvalue weighted by molar-refractivity contribution is -0.160. The molecule has 2 aliphatic rings. The number of carbonyl (C=O) groups excluding carboxylic acids is 1. The van der Waals surface area contributed by atoms with Gasteiger partial charge in [-0.3, -0.25) is 18.7 Å². The van der Waals surface area contributed by atoms with Crippen molar-refractivity contribution in [3.05, 3.63) is 11.3 Å². The Morgan fingerprint density at radius 1 is 1.38 bits per heavy atom. The van der Waals surface area contributed by atoms with E-state index in [1.807, 2.05) is 20.8 Å². The van der Waals surface area contributed by atoms with Gasteiger partial charge in [-0.05, 0) is 12.5 Å². The molecule has 136 valence electrons. The van der Waals surface area contributed by atoms with Crippen LogP contribution >= 0.6 is 0 Å². The number of carbonyl (C=O) groups is 2. The molecule has 0 spiro atoms. The lowest BCUT2D eigenvalue weighted by atomic mass is 9.85. The molecule has 10 heteroatoms. The summed E-state index contributed by atoms with van der Waals surface area (Å²) < 4.78 is 41.8. The highest BCUT2D eigenvalue weighted by Gasteiger charge is 2.63. The standard InChI is InChI=1S/C14H21NO7S2/c1-7-10(14(2,3)4)15-11(18)9(22-5)12(15)24(20,21)13(7)23(19)6-8(16)17/h9,12-13H,6H2,1-5H3,(H,16,17)/t9-,12-,13?,23?/m0/s1. The van der Waals surface area contributed by atoms with E-state index in [-0.39, 0.29) is 5.57 Å². The van der Waals surface area contributed by atoms with Crippen molar-refractivity contribution in [1.29, 1.82) is 0 Å². The molecule has 0 aliphatic carbocycles. The van der Waals surface area contributed by atoms with Crippen LogP contribution in [0.5, 0.6) is 0 Å². The Bertz CT molecular complexity index is 748. The molecule has 0 bridgehead atoms. The molecule has 2 heterocycles. The Hall–Kier alpha value is -1.26. The first kappa shape index (κ1) is 19.1. The fourth-order valence-electron chi connectivity index (χ4n) is 3.38. The van der Waals surface area contributed by atoms with Crippen LogP contribution in [-0.2, 0) is 35.0 Å². The first-order chi connectivity index (χ1) is 10.9. The Kier molecular flexibility index (Phi) is 4.70. The monoisotopic (exact) mass is 379 g/mol. The number of rotatable bonds is 4. The van der Waals surface area contributed by atoms with E-state index in [0.29, 0.717) is 5.70 Å². The van der Waals surface area contributed by atoms with Crippen molar-refractivity contribution in [2.24, 2.45) is 5.41 Å². The van der Waals surface area contributed by atoms with Crippen LogP contribution in [0.25, 0.3) is 0 Å². The van der Waals surface area contributed by atoms with Crippen molar-refractivity contribution < 1.29 is 32.1 Å². The van der Waals surface area contributed by atoms with E-state index in [1.54, 1.807) is 0 Å². The minimum absolute atomic E-state index is 0.251. The number of aliphatic carboxylic acids is 1. The zero-order valence-electron chi connectivity index (χ0n) is 14.1. The van der Waals surface area contributed by atoms with Gasteiger partial charge in [0.15, 0.2) is 25.9 Å². The number of nitrogens with zero attached hydrogens (tertiary/aromatic N) is 1. The second kappa shape index (κ2) is 5.92. The van der Waals surface area contributed by atoms with Crippen LogP contribution < -0.4 is 0 Å². The molecule has 2 unspecified atom stereocenters. The van der Waals surface area contributed by atoms with Gasteiger partial charge in [0, 0.05) is 18.2 Å². The van der Waals surface area contributed by atoms with Crippen molar-refractivity contribution in [2.45, 2.75) is 43.8 Å². The third kappa shape index (κ3) is 2.70. The zero-order valence-corrected chi connectivity index (χ0v) is 15.7. The molecule has 2 aliphatic heterocycles. The summed E-state index contributed by atoms with van der Waals surface area (Å²) >= 11 is 0. The maximum Gasteiger partial charge on any atom is 0.316 e. The van der Waals surface area contributed by atoms with E-state index < -0.39 is 59.7 Å². The molecule has 2 rings (SSSR count). The molecule has 0 aromatic rings. The van der Waals surface area contributed by atoms with E-state index in [1.165, 1.54) is 18.9 Å². The van der Waals surface area contributed by atoms with E-state index in [9.17, 15) is 22.2 Å². The molecule has 8 nitrogen and oxygen atoms in total. The minimum Gasteiger partial charge on any atom is -0.481 e. The number of hydrogen-bond acceptors (Lipinski definition) is 6. The van der Waals surface area contributed by atoms with Gasteiger partial charge in [0.2, 0.25) is 0 Å². The quantitative estimate of drug-likeness (QED) is 0.687. The number of β-lactam (4-membered cyclic amide) rings is 1. The van der Waals surface area contributed by atoms with Crippen LogP contribution in [-0.4, -0.2) is 63.4 Å². The van der Waals surface area contributed by atoms with E-state index in [2.05, 4.69) is 0 Å². The molecule has 0 radical (unpaired) electrons. The average Bonchev–Trinajstić information content (AvgIpc) is 2.37.